The van der Waals surface area contributed by atoms with E-state index in [4.69, 9.17) is 0 Å². The van der Waals surface area contributed by atoms with Gasteiger partial charge in [0.05, 0.1) is 19.3 Å². The zero-order valence-electron chi connectivity index (χ0n) is 15.8. The summed E-state index contributed by atoms with van der Waals surface area (Å²) in [5.41, 5.74) is 6.11. The van der Waals surface area contributed by atoms with Crippen LogP contribution in [-0.4, -0.2) is 4.57 Å². The fourth-order valence-electron chi connectivity index (χ4n) is 4.22. The Balaban J connectivity index is 1.49. The van der Waals surface area contributed by atoms with Gasteiger partial charge in [-0.1, -0.05) is 60.7 Å². The highest BCUT2D eigenvalue weighted by Crippen LogP contribution is 2.41. The highest BCUT2D eigenvalue weighted by Gasteiger charge is 2.12. The number of benzene rings is 4. The van der Waals surface area contributed by atoms with E-state index in [-0.39, 0.29) is 0 Å². The summed E-state index contributed by atoms with van der Waals surface area (Å²) in [7, 11) is 0. The van der Waals surface area contributed by atoms with Crippen LogP contribution in [0.4, 0.5) is 0 Å². The molecule has 4 heteroatoms. The third-order valence-corrected chi connectivity index (χ3v) is 9.07. The minimum Gasteiger partial charge on any atom is -0.309 e. The Bertz CT molecular complexity index is 1500. The van der Waals surface area contributed by atoms with Gasteiger partial charge < -0.3 is 4.57 Å². The van der Waals surface area contributed by atoms with Gasteiger partial charge in [0.25, 0.3) is 0 Å². The number of aromatic nitrogens is 1. The van der Waals surface area contributed by atoms with Crippen LogP contribution in [-0.2, 0) is 0 Å². The SMILES string of the molecule is Brc1sc2cc(-c3ccc(-n4c5ccccc5c5ccccc54)cc3)ccc2c1Br. The smallest absolute Gasteiger partial charge is 0.0853 e. The second kappa shape index (κ2) is 7.09. The number of fused-ring (bicyclic) bond motifs is 4. The van der Waals surface area contributed by atoms with Gasteiger partial charge in [0, 0.05) is 26.5 Å². The molecule has 2 heterocycles. The van der Waals surface area contributed by atoms with Gasteiger partial charge in [0.2, 0.25) is 0 Å². The van der Waals surface area contributed by atoms with Crippen LogP contribution < -0.4 is 0 Å². The van der Waals surface area contributed by atoms with Gasteiger partial charge >= 0.3 is 0 Å². The molecular formula is C26H15Br2NS. The van der Waals surface area contributed by atoms with Crippen molar-refractivity contribution in [2.24, 2.45) is 0 Å². The predicted molar refractivity (Wildman–Crippen MR) is 137 cm³/mol. The third-order valence-electron chi connectivity index (χ3n) is 5.63. The molecule has 0 aliphatic heterocycles. The van der Waals surface area contributed by atoms with Gasteiger partial charge in [-0.15, -0.1) is 11.3 Å². The standard InChI is InChI=1S/C26H15Br2NS/c27-25-21-14-11-17(15-24(21)30-26(25)28)16-9-12-18(13-10-16)29-22-7-3-1-5-19(22)20-6-2-4-8-23(20)29/h1-15H. The molecule has 144 valence electrons. The highest BCUT2D eigenvalue weighted by atomic mass is 79.9. The Morgan fingerprint density at radius 2 is 1.20 bits per heavy atom. The van der Waals surface area contributed by atoms with Crippen molar-refractivity contribution in [3.63, 3.8) is 0 Å². The monoisotopic (exact) mass is 531 g/mol. The van der Waals surface area contributed by atoms with Crippen molar-refractivity contribution < 1.29 is 0 Å². The lowest BCUT2D eigenvalue weighted by Crippen LogP contribution is -1.93. The van der Waals surface area contributed by atoms with E-state index in [1.165, 1.54) is 48.7 Å². The van der Waals surface area contributed by atoms with Crippen molar-refractivity contribution in [2.45, 2.75) is 0 Å². The Hall–Kier alpha value is -2.40. The van der Waals surface area contributed by atoms with Crippen LogP contribution >= 0.6 is 43.2 Å². The number of thiophene rings is 1. The van der Waals surface area contributed by atoms with E-state index in [1.54, 1.807) is 11.3 Å². The van der Waals surface area contributed by atoms with E-state index >= 15 is 0 Å². The van der Waals surface area contributed by atoms with E-state index in [0.717, 1.165) is 8.26 Å². The molecule has 2 aromatic heterocycles. The fourth-order valence-corrected chi connectivity index (χ4v) is 6.53. The van der Waals surface area contributed by atoms with Crippen LogP contribution in [0.5, 0.6) is 0 Å². The van der Waals surface area contributed by atoms with Crippen molar-refractivity contribution in [1.29, 1.82) is 0 Å². The Kier molecular flexibility index (Phi) is 4.34. The zero-order chi connectivity index (χ0) is 20.2. The molecule has 6 rings (SSSR count). The van der Waals surface area contributed by atoms with E-state index in [2.05, 4.69) is 127 Å². The Labute approximate surface area is 194 Å². The van der Waals surface area contributed by atoms with Crippen molar-refractivity contribution in [3.8, 4) is 16.8 Å². The molecule has 0 radical (unpaired) electrons. The van der Waals surface area contributed by atoms with Crippen LogP contribution in [0.1, 0.15) is 0 Å². The quantitative estimate of drug-likeness (QED) is 0.209. The number of rotatable bonds is 2. The van der Waals surface area contributed by atoms with Crippen molar-refractivity contribution in [2.75, 3.05) is 0 Å². The lowest BCUT2D eigenvalue weighted by atomic mass is 10.0. The van der Waals surface area contributed by atoms with Gasteiger partial charge in [-0.3, -0.25) is 0 Å². The summed E-state index contributed by atoms with van der Waals surface area (Å²) < 4.78 is 5.90. The highest BCUT2D eigenvalue weighted by molar-refractivity contribution is 9.13. The summed E-state index contributed by atoms with van der Waals surface area (Å²) in [6, 6.07) is 32.8. The predicted octanol–water partition coefficient (Wildman–Crippen LogP) is 9.19. The molecule has 0 amide bonds. The number of para-hydroxylation sites is 2. The average molecular weight is 533 g/mol. The molecular weight excluding hydrogens is 518 g/mol. The maximum absolute atomic E-state index is 3.66. The van der Waals surface area contributed by atoms with Crippen molar-refractivity contribution in [3.05, 3.63) is 99.3 Å². The molecule has 0 aliphatic rings. The zero-order valence-corrected chi connectivity index (χ0v) is 19.8. The molecule has 0 spiro atoms. The Morgan fingerprint density at radius 3 is 1.87 bits per heavy atom. The van der Waals surface area contributed by atoms with E-state index in [9.17, 15) is 0 Å². The molecule has 0 saturated carbocycles. The van der Waals surface area contributed by atoms with Crippen molar-refractivity contribution in [1.82, 2.24) is 4.57 Å². The molecule has 0 N–H and O–H groups in total. The third kappa shape index (κ3) is 2.78. The van der Waals surface area contributed by atoms with Gasteiger partial charge in [0.15, 0.2) is 0 Å². The van der Waals surface area contributed by atoms with Crippen LogP contribution in [0, 0.1) is 0 Å². The second-order valence-corrected chi connectivity index (χ2v) is 10.5. The summed E-state index contributed by atoms with van der Waals surface area (Å²) in [5, 5.41) is 3.82. The summed E-state index contributed by atoms with van der Waals surface area (Å²) in [5.74, 6) is 0. The summed E-state index contributed by atoms with van der Waals surface area (Å²) in [6.45, 7) is 0. The minimum atomic E-state index is 1.13. The van der Waals surface area contributed by atoms with E-state index < -0.39 is 0 Å². The lowest BCUT2D eigenvalue weighted by molar-refractivity contribution is 1.18. The molecule has 0 bridgehead atoms. The van der Waals surface area contributed by atoms with E-state index in [0.29, 0.717) is 0 Å². The summed E-state index contributed by atoms with van der Waals surface area (Å²) in [4.78, 5) is 0. The first-order chi connectivity index (χ1) is 14.7. The molecule has 0 atom stereocenters. The molecule has 30 heavy (non-hydrogen) atoms. The number of nitrogens with zero attached hydrogens (tertiary/aromatic N) is 1. The largest absolute Gasteiger partial charge is 0.309 e. The maximum Gasteiger partial charge on any atom is 0.0853 e. The maximum atomic E-state index is 3.66. The van der Waals surface area contributed by atoms with Crippen molar-refractivity contribution >= 4 is 75.1 Å². The van der Waals surface area contributed by atoms with Gasteiger partial charge in [-0.2, -0.15) is 0 Å². The molecule has 6 aromatic rings. The Morgan fingerprint density at radius 1 is 0.600 bits per heavy atom. The molecule has 0 saturated heterocycles. The second-order valence-electron chi connectivity index (χ2n) is 7.32. The summed E-state index contributed by atoms with van der Waals surface area (Å²) >= 11 is 9.05. The van der Waals surface area contributed by atoms with Crippen LogP contribution in [0.3, 0.4) is 0 Å². The summed E-state index contributed by atoms with van der Waals surface area (Å²) in [6.07, 6.45) is 0. The van der Waals surface area contributed by atoms with Crippen LogP contribution in [0.15, 0.2) is 99.3 Å². The number of halogens is 2. The molecule has 4 aromatic carbocycles. The molecule has 1 nitrogen and oxygen atoms in total. The lowest BCUT2D eigenvalue weighted by Gasteiger charge is -2.09. The number of hydrogen-bond donors (Lipinski definition) is 0. The normalized spacial score (nSPS) is 11.7. The van der Waals surface area contributed by atoms with Crippen LogP contribution in [0.25, 0.3) is 48.7 Å². The minimum absolute atomic E-state index is 1.13. The topological polar surface area (TPSA) is 4.93 Å². The first kappa shape index (κ1) is 18.4. The van der Waals surface area contributed by atoms with Gasteiger partial charge in [-0.25, -0.2) is 0 Å². The van der Waals surface area contributed by atoms with Crippen LogP contribution in [0.2, 0.25) is 0 Å². The molecule has 0 aliphatic carbocycles. The first-order valence-corrected chi connectivity index (χ1v) is 12.1. The molecule has 0 unspecified atom stereocenters. The fraction of sp³-hybridized carbons (Fsp3) is 0. The van der Waals surface area contributed by atoms with E-state index in [1.807, 2.05) is 0 Å². The first-order valence-electron chi connectivity index (χ1n) is 9.67. The number of hydrogen-bond acceptors (Lipinski definition) is 1. The van der Waals surface area contributed by atoms with Gasteiger partial charge in [0.1, 0.15) is 0 Å². The molecule has 0 fully saturated rings. The average Bonchev–Trinajstić information content (AvgIpc) is 3.27. The van der Waals surface area contributed by atoms with Gasteiger partial charge in [-0.05, 0) is 73.3 Å².